The lowest BCUT2D eigenvalue weighted by molar-refractivity contribution is 0.000666. The number of carbonyl (C=O) groups is 1. The fourth-order valence-corrected chi connectivity index (χ4v) is 6.75. The van der Waals surface area contributed by atoms with E-state index in [4.69, 9.17) is 25.2 Å². The fraction of sp³-hybridized carbons (Fsp3) is 0.586. The van der Waals surface area contributed by atoms with Crippen LogP contribution in [0.25, 0.3) is 10.2 Å². The molecular formula is C29H41N7O3S. The SMILES string of the molecule is Cc1cc(C)c2c(N)c(N[C@H]3CCc4nc(N5C[C@H](NC(=O)OC(C)(C)C)[C@@H](OC(C)C)C5)ncc4C3)sc2n1. The van der Waals surface area contributed by atoms with Gasteiger partial charge in [-0.1, -0.05) is 11.3 Å². The van der Waals surface area contributed by atoms with Crippen LogP contribution in [0.2, 0.25) is 0 Å². The minimum Gasteiger partial charge on any atom is -0.444 e. The first-order chi connectivity index (χ1) is 18.9. The number of fused-ring (bicyclic) bond motifs is 2. The van der Waals surface area contributed by atoms with Gasteiger partial charge in [-0.25, -0.2) is 19.7 Å². The maximum atomic E-state index is 12.5. The molecule has 1 aliphatic carbocycles. The number of nitrogens with two attached hydrogens (primary N) is 1. The monoisotopic (exact) mass is 567 g/mol. The summed E-state index contributed by atoms with van der Waals surface area (Å²) in [5.74, 6) is 0.668. The zero-order valence-electron chi connectivity index (χ0n) is 24.5. The van der Waals surface area contributed by atoms with Crippen molar-refractivity contribution in [3.8, 4) is 0 Å². The number of amides is 1. The molecule has 0 saturated carbocycles. The molecule has 40 heavy (non-hydrogen) atoms. The van der Waals surface area contributed by atoms with E-state index in [0.29, 0.717) is 19.0 Å². The summed E-state index contributed by atoms with van der Waals surface area (Å²) in [4.78, 5) is 29.9. The third kappa shape index (κ3) is 6.25. The molecule has 216 valence electrons. The Morgan fingerprint density at radius 1 is 1.23 bits per heavy atom. The number of carbonyl (C=O) groups excluding carboxylic acids is 1. The second-order valence-corrected chi connectivity index (χ2v) is 13.2. The molecule has 1 aliphatic heterocycles. The maximum absolute atomic E-state index is 12.5. The number of aryl methyl sites for hydroxylation is 3. The van der Waals surface area contributed by atoms with Crippen molar-refractivity contribution in [1.82, 2.24) is 20.3 Å². The molecule has 4 N–H and O–H groups in total. The third-order valence-electron chi connectivity index (χ3n) is 7.19. The molecule has 0 radical (unpaired) electrons. The Labute approximate surface area is 240 Å². The van der Waals surface area contributed by atoms with Crippen LogP contribution in [0.4, 0.5) is 21.4 Å². The van der Waals surface area contributed by atoms with E-state index in [9.17, 15) is 4.79 Å². The Hall–Kier alpha value is -3.18. The van der Waals surface area contributed by atoms with Crippen LogP contribution in [0.5, 0.6) is 0 Å². The summed E-state index contributed by atoms with van der Waals surface area (Å²) >= 11 is 1.62. The minimum atomic E-state index is -0.567. The van der Waals surface area contributed by atoms with Gasteiger partial charge in [-0.2, -0.15) is 0 Å². The molecule has 0 bridgehead atoms. The van der Waals surface area contributed by atoms with Crippen LogP contribution in [0.15, 0.2) is 12.3 Å². The largest absolute Gasteiger partial charge is 0.444 e. The van der Waals surface area contributed by atoms with Crippen molar-refractivity contribution in [3.05, 3.63) is 34.8 Å². The molecule has 1 saturated heterocycles. The lowest BCUT2D eigenvalue weighted by Gasteiger charge is -2.26. The average Bonchev–Trinajstić information content (AvgIpc) is 3.37. The van der Waals surface area contributed by atoms with Gasteiger partial charge >= 0.3 is 6.09 Å². The summed E-state index contributed by atoms with van der Waals surface area (Å²) in [6.45, 7) is 14.8. The van der Waals surface area contributed by atoms with Crippen molar-refractivity contribution < 1.29 is 14.3 Å². The van der Waals surface area contributed by atoms with Crippen molar-refractivity contribution >= 4 is 44.3 Å². The van der Waals surface area contributed by atoms with Crippen LogP contribution >= 0.6 is 11.3 Å². The van der Waals surface area contributed by atoms with Crippen LogP contribution < -0.4 is 21.3 Å². The first-order valence-electron chi connectivity index (χ1n) is 14.0. The van der Waals surface area contributed by atoms with Gasteiger partial charge in [0.15, 0.2) is 0 Å². The summed E-state index contributed by atoms with van der Waals surface area (Å²) in [6.07, 6.45) is 3.98. The number of nitrogens with zero attached hydrogens (tertiary/aromatic N) is 4. The number of nitrogen functional groups attached to an aromatic ring is 1. The Morgan fingerprint density at radius 2 is 2.00 bits per heavy atom. The predicted octanol–water partition coefficient (Wildman–Crippen LogP) is 4.76. The lowest BCUT2D eigenvalue weighted by Crippen LogP contribution is -2.46. The van der Waals surface area contributed by atoms with Crippen molar-refractivity contribution in [1.29, 1.82) is 0 Å². The number of alkyl carbamates (subject to hydrolysis) is 1. The number of anilines is 3. The Kier molecular flexibility index (Phi) is 7.80. The van der Waals surface area contributed by atoms with Gasteiger partial charge in [0.1, 0.15) is 15.4 Å². The van der Waals surface area contributed by atoms with Crippen molar-refractivity contribution in [2.75, 3.05) is 29.0 Å². The molecule has 1 amide bonds. The van der Waals surface area contributed by atoms with Gasteiger partial charge in [0, 0.05) is 42.1 Å². The quantitative estimate of drug-likeness (QED) is 0.386. The number of hydrogen-bond donors (Lipinski definition) is 3. The van der Waals surface area contributed by atoms with Gasteiger partial charge in [0.2, 0.25) is 5.95 Å². The first-order valence-corrected chi connectivity index (χ1v) is 14.9. The summed E-state index contributed by atoms with van der Waals surface area (Å²) < 4.78 is 11.6. The van der Waals surface area contributed by atoms with Crippen LogP contribution in [0.1, 0.15) is 63.6 Å². The van der Waals surface area contributed by atoms with Gasteiger partial charge in [0.25, 0.3) is 0 Å². The van der Waals surface area contributed by atoms with E-state index in [1.807, 2.05) is 47.7 Å². The van der Waals surface area contributed by atoms with Gasteiger partial charge < -0.3 is 30.7 Å². The molecule has 11 heteroatoms. The van der Waals surface area contributed by atoms with E-state index in [1.54, 1.807) is 11.3 Å². The van der Waals surface area contributed by atoms with Gasteiger partial charge in [-0.15, -0.1) is 0 Å². The maximum Gasteiger partial charge on any atom is 0.408 e. The zero-order chi connectivity index (χ0) is 28.8. The van der Waals surface area contributed by atoms with Crippen LogP contribution in [0, 0.1) is 13.8 Å². The highest BCUT2D eigenvalue weighted by atomic mass is 32.1. The molecule has 0 unspecified atom stereocenters. The predicted molar refractivity (Wildman–Crippen MR) is 160 cm³/mol. The molecule has 5 rings (SSSR count). The molecule has 10 nitrogen and oxygen atoms in total. The molecular weight excluding hydrogens is 526 g/mol. The Morgan fingerprint density at radius 3 is 2.73 bits per heavy atom. The summed E-state index contributed by atoms with van der Waals surface area (Å²) in [6, 6.07) is 2.10. The van der Waals surface area contributed by atoms with Crippen LogP contribution in [0.3, 0.4) is 0 Å². The van der Waals surface area contributed by atoms with Gasteiger partial charge in [0.05, 0.1) is 23.9 Å². The van der Waals surface area contributed by atoms with E-state index in [-0.39, 0.29) is 24.3 Å². The molecule has 3 aromatic heterocycles. The number of ether oxygens (including phenoxy) is 2. The topological polar surface area (TPSA) is 128 Å². The average molecular weight is 568 g/mol. The van der Waals surface area contributed by atoms with E-state index in [2.05, 4.69) is 33.5 Å². The standard InChI is InChI=1S/C29H41N7O3S/c1-15(2)38-22-14-36(13-21(22)35-28(37)39-29(5,6)7)27-31-12-18-11-19(8-9-20(18)34-27)33-26-24(30)23-16(3)10-17(4)32-25(23)40-26/h10,12,15,19,21-22,33H,8-9,11,13-14,30H2,1-7H3,(H,35,37)/t19-,21-,22-/m0/s1. The van der Waals surface area contributed by atoms with E-state index >= 15 is 0 Å². The van der Waals surface area contributed by atoms with Crippen LogP contribution in [-0.4, -0.2) is 64.0 Å². The second kappa shape index (κ2) is 11.0. The zero-order valence-corrected chi connectivity index (χ0v) is 25.3. The number of rotatable bonds is 6. The molecule has 3 aromatic rings. The number of nitrogens with one attached hydrogen (secondary N) is 2. The van der Waals surface area contributed by atoms with Gasteiger partial charge in [-0.3, -0.25) is 0 Å². The Balaban J connectivity index is 1.27. The molecule has 2 aliphatic rings. The summed E-state index contributed by atoms with van der Waals surface area (Å²) in [7, 11) is 0. The smallest absolute Gasteiger partial charge is 0.408 e. The van der Waals surface area contributed by atoms with E-state index in [1.165, 1.54) is 0 Å². The highest BCUT2D eigenvalue weighted by molar-refractivity contribution is 7.23. The van der Waals surface area contributed by atoms with Crippen molar-refractivity contribution in [3.63, 3.8) is 0 Å². The van der Waals surface area contributed by atoms with Crippen molar-refractivity contribution in [2.24, 2.45) is 0 Å². The second-order valence-electron chi connectivity index (χ2n) is 12.2. The number of hydrogen-bond acceptors (Lipinski definition) is 10. The normalized spacial score (nSPS) is 21.1. The highest BCUT2D eigenvalue weighted by Crippen LogP contribution is 2.40. The van der Waals surface area contributed by atoms with E-state index in [0.717, 1.165) is 62.7 Å². The number of aromatic nitrogens is 3. The van der Waals surface area contributed by atoms with Crippen molar-refractivity contribution in [2.45, 2.75) is 97.6 Å². The lowest BCUT2D eigenvalue weighted by atomic mass is 9.93. The number of thiophene rings is 1. The molecule has 3 atom stereocenters. The minimum absolute atomic E-state index is 0.0282. The van der Waals surface area contributed by atoms with Gasteiger partial charge in [-0.05, 0) is 84.9 Å². The summed E-state index contributed by atoms with van der Waals surface area (Å²) in [5.41, 5.74) is 11.1. The molecule has 0 spiro atoms. The number of pyridine rings is 1. The Bertz CT molecular complexity index is 1400. The van der Waals surface area contributed by atoms with E-state index < -0.39 is 11.7 Å². The highest BCUT2D eigenvalue weighted by Gasteiger charge is 2.38. The first kappa shape index (κ1) is 28.4. The van der Waals surface area contributed by atoms with Crippen LogP contribution in [-0.2, 0) is 22.3 Å². The molecule has 1 fully saturated rings. The fourth-order valence-electron chi connectivity index (χ4n) is 5.56. The summed E-state index contributed by atoms with van der Waals surface area (Å²) in [5, 5.41) is 8.71. The third-order valence-corrected chi connectivity index (χ3v) is 8.23. The molecule has 4 heterocycles. The molecule has 0 aromatic carbocycles.